The largest absolute Gasteiger partial charge is 0.374 e. The fraction of sp³-hybridized carbons (Fsp3) is 0.600. The van der Waals surface area contributed by atoms with Crippen LogP contribution in [0.3, 0.4) is 0 Å². The second kappa shape index (κ2) is 8.35. The maximum Gasteiger partial charge on any atom is 0.0720 e. The van der Waals surface area contributed by atoms with Crippen LogP contribution >= 0.6 is 0 Å². The van der Waals surface area contributed by atoms with Crippen LogP contribution in [0, 0.1) is 0 Å². The van der Waals surface area contributed by atoms with Gasteiger partial charge in [0.05, 0.1) is 12.7 Å². The normalized spacial score (nSPS) is 12.6. The molecule has 1 rings (SSSR count). The predicted octanol–water partition coefficient (Wildman–Crippen LogP) is 4.56. The van der Waals surface area contributed by atoms with Crippen LogP contribution in [-0.4, -0.2) is 6.10 Å². The number of hydrogen-bond acceptors (Lipinski definition) is 1. The number of ether oxygens (including phenoxy) is 1. The Morgan fingerprint density at radius 1 is 1.06 bits per heavy atom. The third-order valence-electron chi connectivity index (χ3n) is 2.84. The third kappa shape index (κ3) is 5.92. The Bertz CT molecular complexity index is 255. The third-order valence-corrected chi connectivity index (χ3v) is 2.84. The monoisotopic (exact) mass is 220 g/mol. The minimum Gasteiger partial charge on any atom is -0.374 e. The number of hydrogen-bond donors (Lipinski definition) is 0. The van der Waals surface area contributed by atoms with Crippen molar-refractivity contribution in [3.05, 3.63) is 35.9 Å². The number of unbranched alkanes of at least 4 members (excludes halogenated alkanes) is 3. The van der Waals surface area contributed by atoms with E-state index in [4.69, 9.17) is 4.74 Å². The van der Waals surface area contributed by atoms with Gasteiger partial charge in [-0.05, 0) is 18.9 Å². The van der Waals surface area contributed by atoms with E-state index >= 15 is 0 Å². The van der Waals surface area contributed by atoms with Gasteiger partial charge in [0, 0.05) is 0 Å². The van der Waals surface area contributed by atoms with Gasteiger partial charge in [0.1, 0.15) is 0 Å². The van der Waals surface area contributed by atoms with Crippen LogP contribution in [0.5, 0.6) is 0 Å². The lowest BCUT2D eigenvalue weighted by atomic mass is 10.1. The van der Waals surface area contributed by atoms with E-state index in [-0.39, 0.29) is 0 Å². The van der Waals surface area contributed by atoms with Gasteiger partial charge >= 0.3 is 0 Å². The fourth-order valence-electron chi connectivity index (χ4n) is 1.75. The van der Waals surface area contributed by atoms with Crippen molar-refractivity contribution in [2.45, 2.75) is 58.7 Å². The first-order chi connectivity index (χ1) is 7.83. The van der Waals surface area contributed by atoms with Gasteiger partial charge in [-0.1, -0.05) is 62.9 Å². The molecule has 0 aliphatic rings. The van der Waals surface area contributed by atoms with Crippen LogP contribution in [0.2, 0.25) is 0 Å². The molecule has 0 heterocycles. The fourth-order valence-corrected chi connectivity index (χ4v) is 1.75. The van der Waals surface area contributed by atoms with Crippen molar-refractivity contribution in [2.24, 2.45) is 0 Å². The molecule has 0 spiro atoms. The molecular formula is C15H24O. The SMILES string of the molecule is CCCCCC[C@@H](C)OCc1ccccc1. The zero-order chi connectivity index (χ0) is 11.6. The van der Waals surface area contributed by atoms with Gasteiger partial charge in [-0.2, -0.15) is 0 Å². The maximum absolute atomic E-state index is 5.81. The molecular weight excluding hydrogens is 196 g/mol. The standard InChI is InChI=1S/C15H24O/c1-3-4-5-7-10-14(2)16-13-15-11-8-6-9-12-15/h6,8-9,11-12,14H,3-5,7,10,13H2,1-2H3/t14-/m1/s1. The molecule has 0 saturated carbocycles. The van der Waals surface area contributed by atoms with Gasteiger partial charge in [0.2, 0.25) is 0 Å². The highest BCUT2D eigenvalue weighted by Gasteiger charge is 2.02. The second-order valence-electron chi connectivity index (χ2n) is 4.46. The summed E-state index contributed by atoms with van der Waals surface area (Å²) >= 11 is 0. The van der Waals surface area contributed by atoms with E-state index in [1.807, 2.05) is 6.07 Å². The Morgan fingerprint density at radius 2 is 1.81 bits per heavy atom. The first-order valence-corrected chi connectivity index (χ1v) is 6.48. The molecule has 0 amide bonds. The lowest BCUT2D eigenvalue weighted by molar-refractivity contribution is 0.0459. The van der Waals surface area contributed by atoms with Crippen molar-refractivity contribution in [1.29, 1.82) is 0 Å². The highest BCUT2D eigenvalue weighted by molar-refractivity contribution is 5.13. The molecule has 0 aliphatic carbocycles. The first kappa shape index (κ1) is 13.2. The van der Waals surface area contributed by atoms with E-state index in [1.54, 1.807) is 0 Å². The molecule has 1 aromatic carbocycles. The molecule has 0 radical (unpaired) electrons. The summed E-state index contributed by atoms with van der Waals surface area (Å²) in [6, 6.07) is 10.4. The Kier molecular flexibility index (Phi) is 6.91. The van der Waals surface area contributed by atoms with Gasteiger partial charge in [0.25, 0.3) is 0 Å². The number of benzene rings is 1. The van der Waals surface area contributed by atoms with Gasteiger partial charge in [-0.25, -0.2) is 0 Å². The van der Waals surface area contributed by atoms with Crippen LogP contribution in [0.15, 0.2) is 30.3 Å². The lowest BCUT2D eigenvalue weighted by Gasteiger charge is -2.12. The van der Waals surface area contributed by atoms with Gasteiger partial charge in [-0.15, -0.1) is 0 Å². The molecule has 90 valence electrons. The predicted molar refractivity (Wildman–Crippen MR) is 69.5 cm³/mol. The zero-order valence-electron chi connectivity index (χ0n) is 10.6. The average molecular weight is 220 g/mol. The molecule has 0 fully saturated rings. The minimum absolute atomic E-state index is 0.386. The van der Waals surface area contributed by atoms with E-state index in [0.29, 0.717) is 6.10 Å². The summed E-state index contributed by atoms with van der Waals surface area (Å²) in [6.45, 7) is 5.17. The highest BCUT2D eigenvalue weighted by Crippen LogP contribution is 2.10. The summed E-state index contributed by atoms with van der Waals surface area (Å²) in [5.41, 5.74) is 1.27. The van der Waals surface area contributed by atoms with Crippen molar-refractivity contribution in [2.75, 3.05) is 0 Å². The summed E-state index contributed by atoms with van der Waals surface area (Å²) in [4.78, 5) is 0. The van der Waals surface area contributed by atoms with E-state index in [2.05, 4.69) is 38.1 Å². The minimum atomic E-state index is 0.386. The molecule has 1 aromatic rings. The van der Waals surface area contributed by atoms with Crippen molar-refractivity contribution in [3.8, 4) is 0 Å². The van der Waals surface area contributed by atoms with Crippen LogP contribution in [0.25, 0.3) is 0 Å². The molecule has 0 aliphatic heterocycles. The number of rotatable bonds is 8. The van der Waals surface area contributed by atoms with E-state index in [9.17, 15) is 0 Å². The van der Waals surface area contributed by atoms with E-state index in [1.165, 1.54) is 37.7 Å². The summed E-state index contributed by atoms with van der Waals surface area (Å²) in [5.74, 6) is 0. The van der Waals surface area contributed by atoms with Crippen molar-refractivity contribution >= 4 is 0 Å². The molecule has 0 bridgehead atoms. The Hall–Kier alpha value is -0.820. The molecule has 1 atom stereocenters. The summed E-state index contributed by atoms with van der Waals surface area (Å²) in [5, 5.41) is 0. The van der Waals surface area contributed by atoms with Crippen LogP contribution in [0.1, 0.15) is 51.5 Å². The van der Waals surface area contributed by atoms with Crippen LogP contribution < -0.4 is 0 Å². The summed E-state index contributed by atoms with van der Waals surface area (Å²) in [6.07, 6.45) is 6.87. The molecule has 1 nitrogen and oxygen atoms in total. The average Bonchev–Trinajstić information content (AvgIpc) is 2.33. The Labute approximate surface area is 99.8 Å². The second-order valence-corrected chi connectivity index (χ2v) is 4.46. The van der Waals surface area contributed by atoms with E-state index < -0.39 is 0 Å². The van der Waals surface area contributed by atoms with Gasteiger partial charge in [0.15, 0.2) is 0 Å². The zero-order valence-corrected chi connectivity index (χ0v) is 10.6. The van der Waals surface area contributed by atoms with E-state index in [0.717, 1.165) is 6.61 Å². The molecule has 0 saturated heterocycles. The quantitative estimate of drug-likeness (QED) is 0.583. The Balaban J connectivity index is 2.08. The molecule has 0 N–H and O–H groups in total. The van der Waals surface area contributed by atoms with Gasteiger partial charge < -0.3 is 4.74 Å². The first-order valence-electron chi connectivity index (χ1n) is 6.48. The molecule has 1 heteroatoms. The summed E-state index contributed by atoms with van der Waals surface area (Å²) in [7, 11) is 0. The van der Waals surface area contributed by atoms with Crippen molar-refractivity contribution < 1.29 is 4.74 Å². The highest BCUT2D eigenvalue weighted by atomic mass is 16.5. The smallest absolute Gasteiger partial charge is 0.0720 e. The molecule has 0 unspecified atom stereocenters. The summed E-state index contributed by atoms with van der Waals surface area (Å²) < 4.78 is 5.81. The molecule has 0 aromatic heterocycles. The van der Waals surface area contributed by atoms with Crippen LogP contribution in [0.4, 0.5) is 0 Å². The van der Waals surface area contributed by atoms with Gasteiger partial charge in [-0.3, -0.25) is 0 Å². The lowest BCUT2D eigenvalue weighted by Crippen LogP contribution is -2.07. The Morgan fingerprint density at radius 3 is 2.50 bits per heavy atom. The molecule has 16 heavy (non-hydrogen) atoms. The van der Waals surface area contributed by atoms with Crippen LogP contribution in [-0.2, 0) is 11.3 Å². The van der Waals surface area contributed by atoms with Crippen molar-refractivity contribution in [1.82, 2.24) is 0 Å². The van der Waals surface area contributed by atoms with Crippen molar-refractivity contribution in [3.63, 3.8) is 0 Å². The maximum atomic E-state index is 5.81. The topological polar surface area (TPSA) is 9.23 Å².